The maximum Gasteiger partial charge on any atom is 0.291 e. The number of fused-ring (bicyclic) bond motifs is 2. The van der Waals surface area contributed by atoms with Gasteiger partial charge in [-0.2, -0.15) is 0 Å². The summed E-state index contributed by atoms with van der Waals surface area (Å²) in [6, 6.07) is 9.79. The second-order valence-electron chi connectivity index (χ2n) is 6.68. The number of aryl methyl sites for hydroxylation is 1. The minimum absolute atomic E-state index is 0.0604. The highest BCUT2D eigenvalue weighted by atomic mass is 19.1. The van der Waals surface area contributed by atoms with E-state index in [4.69, 9.17) is 13.3 Å². The molecule has 6 nitrogen and oxygen atoms in total. The molecule has 0 saturated carbocycles. The van der Waals surface area contributed by atoms with Crippen molar-refractivity contribution < 1.29 is 22.4 Å². The third kappa shape index (κ3) is 2.40. The molecule has 4 heterocycles. The first-order chi connectivity index (χ1) is 13.5. The Bertz CT molecular complexity index is 1270. The number of amides is 1. The lowest BCUT2D eigenvalue weighted by molar-refractivity contribution is 0.0686. The molecule has 1 unspecified atom stereocenters. The summed E-state index contributed by atoms with van der Waals surface area (Å²) in [6.45, 7) is 1.90. The van der Waals surface area contributed by atoms with Gasteiger partial charge in [-0.05, 0) is 49.4 Å². The van der Waals surface area contributed by atoms with Crippen LogP contribution in [0.3, 0.4) is 0 Å². The van der Waals surface area contributed by atoms with Crippen molar-refractivity contribution in [1.29, 1.82) is 0 Å². The molecule has 1 aromatic carbocycles. The molecule has 1 atom stereocenters. The topological polar surface area (TPSA) is 76.8 Å². The average Bonchev–Trinajstić information content (AvgIpc) is 3.39. The van der Waals surface area contributed by atoms with Crippen molar-refractivity contribution in [2.75, 3.05) is 0 Å². The summed E-state index contributed by atoms with van der Waals surface area (Å²) in [7, 11) is 0. The Kier molecular flexibility index (Phi) is 3.52. The number of carbonyl (C=O) groups is 1. The van der Waals surface area contributed by atoms with Gasteiger partial charge in [-0.3, -0.25) is 9.59 Å². The van der Waals surface area contributed by atoms with Crippen molar-refractivity contribution in [2.45, 2.75) is 19.5 Å². The van der Waals surface area contributed by atoms with Crippen LogP contribution in [0, 0.1) is 12.7 Å². The monoisotopic (exact) mass is 379 g/mol. The van der Waals surface area contributed by atoms with Crippen LogP contribution >= 0.6 is 0 Å². The Hall–Kier alpha value is -3.61. The summed E-state index contributed by atoms with van der Waals surface area (Å²) in [4.78, 5) is 27.8. The van der Waals surface area contributed by atoms with Gasteiger partial charge >= 0.3 is 0 Å². The lowest BCUT2D eigenvalue weighted by atomic mass is 10.0. The zero-order valence-electron chi connectivity index (χ0n) is 14.8. The fraction of sp³-hybridized carbons (Fsp3) is 0.143. The molecule has 0 aliphatic carbocycles. The zero-order chi connectivity index (χ0) is 19.4. The minimum atomic E-state index is -0.787. The van der Waals surface area contributed by atoms with Gasteiger partial charge in [0.05, 0.1) is 23.8 Å². The van der Waals surface area contributed by atoms with Crippen LogP contribution in [0.5, 0.6) is 0 Å². The van der Waals surface area contributed by atoms with Crippen LogP contribution in [0.4, 0.5) is 4.39 Å². The average molecular weight is 379 g/mol. The van der Waals surface area contributed by atoms with Crippen LogP contribution in [0.2, 0.25) is 0 Å². The van der Waals surface area contributed by atoms with Crippen LogP contribution in [0.25, 0.3) is 11.0 Å². The van der Waals surface area contributed by atoms with E-state index >= 15 is 0 Å². The first kappa shape index (κ1) is 16.6. The van der Waals surface area contributed by atoms with E-state index in [1.54, 1.807) is 31.2 Å². The highest BCUT2D eigenvalue weighted by Gasteiger charge is 2.44. The fourth-order valence-electron chi connectivity index (χ4n) is 3.62. The Morgan fingerprint density at radius 1 is 1.11 bits per heavy atom. The van der Waals surface area contributed by atoms with E-state index in [1.807, 2.05) is 0 Å². The summed E-state index contributed by atoms with van der Waals surface area (Å²) >= 11 is 0. The molecule has 0 fully saturated rings. The van der Waals surface area contributed by atoms with Crippen LogP contribution in [-0.2, 0) is 6.54 Å². The maximum atomic E-state index is 13.7. The van der Waals surface area contributed by atoms with E-state index in [2.05, 4.69) is 0 Å². The largest absolute Gasteiger partial charge is 0.467 e. The first-order valence-corrected chi connectivity index (χ1v) is 8.69. The van der Waals surface area contributed by atoms with E-state index < -0.39 is 23.2 Å². The SMILES string of the molecule is Cc1ccc(C2c3c(oc4ccc(F)cc4c3=O)C(=O)N2Cc2ccco2)o1. The number of rotatable bonds is 3. The first-order valence-electron chi connectivity index (χ1n) is 8.69. The number of nitrogens with zero attached hydrogens (tertiary/aromatic N) is 1. The van der Waals surface area contributed by atoms with Crippen LogP contribution < -0.4 is 5.43 Å². The Labute approximate surface area is 157 Å². The molecule has 3 aromatic heterocycles. The number of hydrogen-bond acceptors (Lipinski definition) is 5. The summed E-state index contributed by atoms with van der Waals surface area (Å²) in [5.74, 6) is 0.562. The van der Waals surface area contributed by atoms with Gasteiger partial charge in [0.2, 0.25) is 5.76 Å². The second kappa shape index (κ2) is 5.95. The van der Waals surface area contributed by atoms with Gasteiger partial charge in [0, 0.05) is 0 Å². The molecule has 4 aromatic rings. The lowest BCUT2D eigenvalue weighted by Crippen LogP contribution is -2.28. The van der Waals surface area contributed by atoms with Gasteiger partial charge in [-0.25, -0.2) is 4.39 Å². The molecule has 0 radical (unpaired) electrons. The van der Waals surface area contributed by atoms with E-state index in [0.717, 1.165) is 6.07 Å². The molecular weight excluding hydrogens is 365 g/mol. The molecule has 0 N–H and O–H groups in total. The molecular formula is C21H14FNO5. The highest BCUT2D eigenvalue weighted by molar-refractivity contribution is 5.98. The normalized spacial score (nSPS) is 16.1. The summed E-state index contributed by atoms with van der Waals surface area (Å²) < 4.78 is 30.5. The summed E-state index contributed by atoms with van der Waals surface area (Å²) in [6.07, 6.45) is 1.51. The third-order valence-electron chi connectivity index (χ3n) is 4.86. The predicted octanol–water partition coefficient (Wildman–Crippen LogP) is 4.17. The maximum absolute atomic E-state index is 13.7. The molecule has 5 rings (SSSR count). The molecule has 0 bridgehead atoms. The quantitative estimate of drug-likeness (QED) is 0.534. The number of benzene rings is 1. The van der Waals surface area contributed by atoms with Gasteiger partial charge in [0.25, 0.3) is 5.91 Å². The van der Waals surface area contributed by atoms with Crippen LogP contribution in [0.1, 0.15) is 39.4 Å². The van der Waals surface area contributed by atoms with Crippen LogP contribution in [0.15, 0.2) is 66.8 Å². The highest BCUT2D eigenvalue weighted by Crippen LogP contribution is 2.39. The van der Waals surface area contributed by atoms with E-state index in [9.17, 15) is 14.0 Å². The Morgan fingerprint density at radius 3 is 2.68 bits per heavy atom. The van der Waals surface area contributed by atoms with Crippen molar-refractivity contribution in [3.63, 3.8) is 0 Å². The predicted molar refractivity (Wildman–Crippen MR) is 96.3 cm³/mol. The number of halogens is 1. The van der Waals surface area contributed by atoms with E-state index in [0.29, 0.717) is 17.3 Å². The molecule has 28 heavy (non-hydrogen) atoms. The smallest absolute Gasteiger partial charge is 0.291 e. The minimum Gasteiger partial charge on any atom is -0.467 e. The van der Waals surface area contributed by atoms with Crippen molar-refractivity contribution in [3.8, 4) is 0 Å². The summed E-state index contributed by atoms with van der Waals surface area (Å²) in [5.41, 5.74) is -0.151. The second-order valence-corrected chi connectivity index (χ2v) is 6.68. The molecule has 7 heteroatoms. The molecule has 1 amide bonds. The van der Waals surface area contributed by atoms with Crippen molar-refractivity contribution in [3.05, 3.63) is 93.4 Å². The number of furan rings is 2. The number of carbonyl (C=O) groups excluding carboxylic acids is 1. The van der Waals surface area contributed by atoms with E-state index in [1.165, 1.54) is 23.3 Å². The lowest BCUT2D eigenvalue weighted by Gasteiger charge is -2.22. The van der Waals surface area contributed by atoms with Gasteiger partial charge in [0.15, 0.2) is 5.43 Å². The van der Waals surface area contributed by atoms with Crippen LogP contribution in [-0.4, -0.2) is 10.8 Å². The van der Waals surface area contributed by atoms with Gasteiger partial charge in [-0.15, -0.1) is 0 Å². The third-order valence-corrected chi connectivity index (χ3v) is 4.86. The Balaban J connectivity index is 1.76. The van der Waals surface area contributed by atoms with Gasteiger partial charge < -0.3 is 18.2 Å². The van der Waals surface area contributed by atoms with Crippen molar-refractivity contribution >= 4 is 16.9 Å². The molecule has 0 spiro atoms. The van der Waals surface area contributed by atoms with Crippen molar-refractivity contribution in [1.82, 2.24) is 4.90 Å². The fourth-order valence-corrected chi connectivity index (χ4v) is 3.62. The van der Waals surface area contributed by atoms with E-state index in [-0.39, 0.29) is 28.8 Å². The Morgan fingerprint density at radius 2 is 1.96 bits per heavy atom. The summed E-state index contributed by atoms with van der Waals surface area (Å²) in [5, 5.41) is 0.0830. The van der Waals surface area contributed by atoms with Gasteiger partial charge in [-0.1, -0.05) is 0 Å². The number of hydrogen-bond donors (Lipinski definition) is 0. The molecule has 0 saturated heterocycles. The molecule has 140 valence electrons. The van der Waals surface area contributed by atoms with Gasteiger partial charge in [0.1, 0.15) is 34.7 Å². The zero-order valence-corrected chi connectivity index (χ0v) is 14.8. The van der Waals surface area contributed by atoms with Crippen molar-refractivity contribution in [2.24, 2.45) is 0 Å². The standard InChI is InChI=1S/C21H14FNO5/c1-11-4-6-16(27-11)18-17-19(24)14-9-12(22)5-7-15(14)28-20(17)21(25)23(18)10-13-3-2-8-26-13/h2-9,18H,10H2,1H3. The molecule has 1 aliphatic heterocycles. The molecule has 1 aliphatic rings.